The van der Waals surface area contributed by atoms with E-state index in [0.29, 0.717) is 40.3 Å². The predicted molar refractivity (Wildman–Crippen MR) is 139 cm³/mol. The molecule has 1 amide bonds. The number of fused-ring (bicyclic) bond motifs is 1. The number of ether oxygens (including phenoxy) is 4. The molecule has 0 saturated carbocycles. The molecule has 3 aromatic rings. The number of methoxy groups -OCH3 is 1. The first-order chi connectivity index (χ1) is 17.1. The smallest absolute Gasteiger partial charge is 0.266 e. The van der Waals surface area contributed by atoms with Gasteiger partial charge in [0, 0.05) is 26.2 Å². The molecule has 2 aromatic carbocycles. The van der Waals surface area contributed by atoms with Gasteiger partial charge in [-0.25, -0.2) is 4.98 Å². The van der Waals surface area contributed by atoms with E-state index in [-0.39, 0.29) is 12.5 Å². The number of halogens is 1. The van der Waals surface area contributed by atoms with E-state index in [1.165, 1.54) is 11.3 Å². The molecule has 2 heterocycles. The number of amides is 1. The van der Waals surface area contributed by atoms with Crippen molar-refractivity contribution in [2.75, 3.05) is 64.6 Å². The van der Waals surface area contributed by atoms with Crippen molar-refractivity contribution < 1.29 is 23.7 Å². The zero-order valence-corrected chi connectivity index (χ0v) is 21.6. The lowest BCUT2D eigenvalue weighted by atomic mass is 10.3. The Hall–Kier alpha value is -2.59. The normalized spacial score (nSPS) is 14.1. The standard InChI is InChI=1S/C25H30ClN3O5S/c1-3-33-18-5-7-19(8-6-18)34-17-22(30)29(12-4-11-28-13-15-32-16-14-28)25-27-23-21(31-2)10-9-20(26)24(23)35-25/h5-10H,3-4,11-17H2,1-2H3. The lowest BCUT2D eigenvalue weighted by Crippen LogP contribution is -2.40. The number of morpholine rings is 1. The number of hydrogen-bond donors (Lipinski definition) is 0. The summed E-state index contributed by atoms with van der Waals surface area (Å²) in [6.45, 7) is 7.11. The van der Waals surface area contributed by atoms with Gasteiger partial charge >= 0.3 is 0 Å². The van der Waals surface area contributed by atoms with Gasteiger partial charge in [0.05, 0.1) is 36.7 Å². The van der Waals surface area contributed by atoms with Crippen molar-refractivity contribution in [2.45, 2.75) is 13.3 Å². The first-order valence-corrected chi connectivity index (χ1v) is 12.9. The van der Waals surface area contributed by atoms with Gasteiger partial charge in [0.15, 0.2) is 11.7 Å². The molecule has 1 aliphatic heterocycles. The van der Waals surface area contributed by atoms with Crippen LogP contribution in [-0.2, 0) is 9.53 Å². The van der Waals surface area contributed by atoms with Crippen LogP contribution in [0.4, 0.5) is 5.13 Å². The monoisotopic (exact) mass is 519 g/mol. The topological polar surface area (TPSA) is 73.4 Å². The molecule has 1 fully saturated rings. The Kier molecular flexibility index (Phi) is 9.03. The summed E-state index contributed by atoms with van der Waals surface area (Å²) >= 11 is 7.81. The molecule has 10 heteroatoms. The fraction of sp³-hybridized carbons (Fsp3) is 0.440. The van der Waals surface area contributed by atoms with Crippen LogP contribution in [0.25, 0.3) is 10.2 Å². The number of carbonyl (C=O) groups excluding carboxylic acids is 1. The van der Waals surface area contributed by atoms with Gasteiger partial charge in [-0.1, -0.05) is 22.9 Å². The van der Waals surface area contributed by atoms with Crippen molar-refractivity contribution in [3.05, 3.63) is 41.4 Å². The van der Waals surface area contributed by atoms with E-state index in [0.717, 1.165) is 49.7 Å². The van der Waals surface area contributed by atoms with Crippen LogP contribution < -0.4 is 19.1 Å². The summed E-state index contributed by atoms with van der Waals surface area (Å²) in [7, 11) is 1.59. The maximum atomic E-state index is 13.3. The molecular formula is C25H30ClN3O5S. The second-order valence-electron chi connectivity index (χ2n) is 7.97. The average Bonchev–Trinajstić information content (AvgIpc) is 3.33. The van der Waals surface area contributed by atoms with Crippen molar-refractivity contribution >= 4 is 44.2 Å². The van der Waals surface area contributed by atoms with Gasteiger partial charge in [0.2, 0.25) is 0 Å². The molecule has 1 aliphatic rings. The fourth-order valence-corrected chi connectivity index (χ4v) is 5.15. The molecule has 1 saturated heterocycles. The lowest BCUT2D eigenvalue weighted by molar-refractivity contribution is -0.120. The van der Waals surface area contributed by atoms with E-state index in [9.17, 15) is 4.79 Å². The molecule has 0 N–H and O–H groups in total. The minimum atomic E-state index is -0.171. The largest absolute Gasteiger partial charge is 0.494 e. The lowest BCUT2D eigenvalue weighted by Gasteiger charge is -2.27. The number of nitrogens with zero attached hydrogens (tertiary/aromatic N) is 3. The number of rotatable bonds is 11. The summed E-state index contributed by atoms with van der Waals surface area (Å²) < 4.78 is 22.9. The number of aromatic nitrogens is 1. The molecule has 4 rings (SSSR count). The molecule has 188 valence electrons. The van der Waals surface area contributed by atoms with Crippen molar-refractivity contribution in [3.8, 4) is 17.2 Å². The quantitative estimate of drug-likeness (QED) is 0.369. The molecule has 0 atom stereocenters. The third-order valence-corrected chi connectivity index (χ3v) is 7.19. The maximum Gasteiger partial charge on any atom is 0.266 e. The van der Waals surface area contributed by atoms with Gasteiger partial charge in [0.25, 0.3) is 5.91 Å². The van der Waals surface area contributed by atoms with E-state index in [1.54, 1.807) is 36.3 Å². The van der Waals surface area contributed by atoms with Crippen molar-refractivity contribution in [1.29, 1.82) is 0 Å². The average molecular weight is 520 g/mol. The van der Waals surface area contributed by atoms with Crippen LogP contribution in [0.15, 0.2) is 36.4 Å². The minimum Gasteiger partial charge on any atom is -0.494 e. The molecule has 0 aliphatic carbocycles. The SMILES string of the molecule is CCOc1ccc(OCC(=O)N(CCCN2CCOCC2)c2nc3c(OC)ccc(Cl)c3s2)cc1. The van der Waals surface area contributed by atoms with Gasteiger partial charge in [0.1, 0.15) is 22.8 Å². The fourth-order valence-electron chi connectivity index (χ4n) is 3.85. The van der Waals surface area contributed by atoms with E-state index >= 15 is 0 Å². The Morgan fingerprint density at radius 2 is 1.86 bits per heavy atom. The number of thiazole rings is 1. The second-order valence-corrected chi connectivity index (χ2v) is 9.35. The molecule has 8 nitrogen and oxygen atoms in total. The van der Waals surface area contributed by atoms with Crippen LogP contribution in [0.3, 0.4) is 0 Å². The van der Waals surface area contributed by atoms with Crippen LogP contribution in [0.1, 0.15) is 13.3 Å². The van der Waals surface area contributed by atoms with Crippen molar-refractivity contribution in [3.63, 3.8) is 0 Å². The van der Waals surface area contributed by atoms with Gasteiger partial charge in [-0.3, -0.25) is 14.6 Å². The zero-order chi connectivity index (χ0) is 24.6. The summed E-state index contributed by atoms with van der Waals surface area (Å²) in [5, 5.41) is 1.16. The molecule has 35 heavy (non-hydrogen) atoms. The Balaban J connectivity index is 1.49. The third kappa shape index (κ3) is 6.55. The van der Waals surface area contributed by atoms with Crippen LogP contribution in [0, 0.1) is 0 Å². The van der Waals surface area contributed by atoms with E-state index < -0.39 is 0 Å². The Morgan fingerprint density at radius 3 is 2.54 bits per heavy atom. The van der Waals surface area contributed by atoms with E-state index in [1.807, 2.05) is 19.1 Å². The van der Waals surface area contributed by atoms with Gasteiger partial charge < -0.3 is 18.9 Å². The molecule has 0 bridgehead atoms. The molecule has 0 spiro atoms. The van der Waals surface area contributed by atoms with Gasteiger partial charge in [-0.2, -0.15) is 0 Å². The van der Waals surface area contributed by atoms with Crippen LogP contribution >= 0.6 is 22.9 Å². The van der Waals surface area contributed by atoms with Crippen LogP contribution in [0.2, 0.25) is 5.02 Å². The zero-order valence-electron chi connectivity index (χ0n) is 20.0. The van der Waals surface area contributed by atoms with Crippen molar-refractivity contribution in [1.82, 2.24) is 9.88 Å². The number of benzene rings is 2. The highest BCUT2D eigenvalue weighted by Gasteiger charge is 2.23. The Bertz CT molecular complexity index is 1120. The van der Waals surface area contributed by atoms with Crippen molar-refractivity contribution in [2.24, 2.45) is 0 Å². The minimum absolute atomic E-state index is 0.105. The second kappa shape index (κ2) is 12.4. The van der Waals surface area contributed by atoms with Crippen LogP contribution in [0.5, 0.6) is 17.2 Å². The first kappa shape index (κ1) is 25.5. The summed E-state index contributed by atoms with van der Waals surface area (Å²) in [5.74, 6) is 1.81. The van der Waals surface area contributed by atoms with Crippen LogP contribution in [-0.4, -0.2) is 75.5 Å². The third-order valence-electron chi connectivity index (χ3n) is 5.66. The maximum absolute atomic E-state index is 13.3. The number of hydrogen-bond acceptors (Lipinski definition) is 8. The molecular weight excluding hydrogens is 490 g/mol. The highest BCUT2D eigenvalue weighted by Crippen LogP contribution is 2.38. The highest BCUT2D eigenvalue weighted by molar-refractivity contribution is 7.23. The summed E-state index contributed by atoms with van der Waals surface area (Å²) in [6.07, 6.45) is 0.801. The summed E-state index contributed by atoms with van der Waals surface area (Å²) in [4.78, 5) is 22.1. The first-order valence-electron chi connectivity index (χ1n) is 11.7. The van der Waals surface area contributed by atoms with E-state index in [4.69, 9.17) is 35.5 Å². The Morgan fingerprint density at radius 1 is 1.14 bits per heavy atom. The number of carbonyl (C=O) groups is 1. The molecule has 0 unspecified atom stereocenters. The van der Waals surface area contributed by atoms with Gasteiger partial charge in [-0.05, 0) is 49.7 Å². The Labute approximate surface area is 214 Å². The number of anilines is 1. The molecule has 0 radical (unpaired) electrons. The summed E-state index contributed by atoms with van der Waals surface area (Å²) in [5.41, 5.74) is 0.651. The highest BCUT2D eigenvalue weighted by atomic mass is 35.5. The molecule has 1 aromatic heterocycles. The predicted octanol–water partition coefficient (Wildman–Crippen LogP) is 4.49. The summed E-state index contributed by atoms with van der Waals surface area (Å²) in [6, 6.07) is 10.8. The van der Waals surface area contributed by atoms with E-state index in [2.05, 4.69) is 4.90 Å². The van der Waals surface area contributed by atoms with Gasteiger partial charge in [-0.15, -0.1) is 0 Å².